The number of halogens is 1. The predicted octanol–water partition coefficient (Wildman–Crippen LogP) is 2.88. The summed E-state index contributed by atoms with van der Waals surface area (Å²) in [4.78, 5) is 17.5. The van der Waals surface area contributed by atoms with Crippen LogP contribution in [0.3, 0.4) is 0 Å². The van der Waals surface area contributed by atoms with E-state index >= 15 is 0 Å². The molecule has 1 saturated heterocycles. The zero-order chi connectivity index (χ0) is 21.1. The molecule has 0 spiro atoms. The number of anilines is 3. The summed E-state index contributed by atoms with van der Waals surface area (Å²) < 4.78 is 19.3. The summed E-state index contributed by atoms with van der Waals surface area (Å²) in [6.45, 7) is 7.51. The lowest BCUT2D eigenvalue weighted by Crippen LogP contribution is -2.47. The zero-order valence-electron chi connectivity index (χ0n) is 17.6. The molecule has 1 unspecified atom stereocenters. The first-order valence-corrected chi connectivity index (χ1v) is 10.5. The Morgan fingerprint density at radius 2 is 2.03 bits per heavy atom. The van der Waals surface area contributed by atoms with Crippen molar-refractivity contribution in [2.24, 2.45) is 0 Å². The van der Waals surface area contributed by atoms with Gasteiger partial charge in [-0.2, -0.15) is 0 Å². The van der Waals surface area contributed by atoms with E-state index in [1.807, 2.05) is 25.1 Å². The van der Waals surface area contributed by atoms with Crippen LogP contribution in [-0.2, 0) is 16.0 Å². The lowest BCUT2D eigenvalue weighted by Gasteiger charge is -2.36. The molecule has 7 heteroatoms. The number of ether oxygens (including phenoxy) is 1. The Bertz CT molecular complexity index is 881. The standard InChI is InChI=1S/C23H29FN4O2/c1-16-6-7-20(24)19-15-21(26-22(16)19)23(29)25-17-4-3-5-18(14-17)28-10-8-27(9-11-28)12-13-30-2/h3-7,14,21,26H,8-13,15H2,1-2H3,(H,25,29). The fourth-order valence-electron chi connectivity index (χ4n) is 4.19. The molecule has 160 valence electrons. The van der Waals surface area contributed by atoms with E-state index in [-0.39, 0.29) is 11.7 Å². The second-order valence-corrected chi connectivity index (χ2v) is 7.98. The molecule has 2 aromatic rings. The van der Waals surface area contributed by atoms with Crippen LogP contribution >= 0.6 is 0 Å². The second kappa shape index (κ2) is 9.02. The number of hydrogen-bond acceptors (Lipinski definition) is 5. The first kappa shape index (κ1) is 20.6. The van der Waals surface area contributed by atoms with Crippen molar-refractivity contribution in [1.82, 2.24) is 4.90 Å². The lowest BCUT2D eigenvalue weighted by atomic mass is 10.1. The minimum atomic E-state index is -0.469. The van der Waals surface area contributed by atoms with Crippen LogP contribution in [0.25, 0.3) is 0 Å². The quantitative estimate of drug-likeness (QED) is 0.764. The van der Waals surface area contributed by atoms with E-state index in [1.54, 1.807) is 13.2 Å². The first-order valence-electron chi connectivity index (χ1n) is 10.5. The van der Waals surface area contributed by atoms with Crippen molar-refractivity contribution >= 4 is 23.0 Å². The van der Waals surface area contributed by atoms with E-state index in [0.717, 1.165) is 62.0 Å². The van der Waals surface area contributed by atoms with Crippen LogP contribution < -0.4 is 15.5 Å². The van der Waals surface area contributed by atoms with E-state index in [0.29, 0.717) is 12.0 Å². The molecule has 1 atom stereocenters. The highest BCUT2D eigenvalue weighted by Gasteiger charge is 2.30. The fourth-order valence-corrected chi connectivity index (χ4v) is 4.19. The van der Waals surface area contributed by atoms with E-state index in [1.165, 1.54) is 6.07 Å². The van der Waals surface area contributed by atoms with Crippen molar-refractivity contribution in [3.63, 3.8) is 0 Å². The van der Waals surface area contributed by atoms with Gasteiger partial charge in [0.2, 0.25) is 5.91 Å². The summed E-state index contributed by atoms with van der Waals surface area (Å²) in [5.41, 5.74) is 4.15. The van der Waals surface area contributed by atoms with Gasteiger partial charge >= 0.3 is 0 Å². The molecule has 2 aromatic carbocycles. The van der Waals surface area contributed by atoms with Crippen molar-refractivity contribution in [2.45, 2.75) is 19.4 Å². The highest BCUT2D eigenvalue weighted by atomic mass is 19.1. The molecule has 2 N–H and O–H groups in total. The molecule has 30 heavy (non-hydrogen) atoms. The summed E-state index contributed by atoms with van der Waals surface area (Å²) in [6, 6.07) is 10.7. The molecular weight excluding hydrogens is 383 g/mol. The van der Waals surface area contributed by atoms with Gasteiger partial charge < -0.3 is 20.3 Å². The maximum Gasteiger partial charge on any atom is 0.247 e. The van der Waals surface area contributed by atoms with Crippen LogP contribution in [0, 0.1) is 12.7 Å². The molecule has 0 aromatic heterocycles. The molecular formula is C23H29FN4O2. The Labute approximate surface area is 177 Å². The van der Waals surface area contributed by atoms with Crippen LogP contribution in [0.15, 0.2) is 36.4 Å². The van der Waals surface area contributed by atoms with E-state index in [2.05, 4.69) is 26.5 Å². The third kappa shape index (κ3) is 4.42. The number of fused-ring (bicyclic) bond motifs is 1. The Hall–Kier alpha value is -2.64. The van der Waals surface area contributed by atoms with Gasteiger partial charge in [0.15, 0.2) is 0 Å². The van der Waals surface area contributed by atoms with Gasteiger partial charge in [0, 0.05) is 68.9 Å². The molecule has 0 aliphatic carbocycles. The maximum atomic E-state index is 14.1. The van der Waals surface area contributed by atoms with Crippen molar-refractivity contribution in [1.29, 1.82) is 0 Å². The monoisotopic (exact) mass is 412 g/mol. The lowest BCUT2D eigenvalue weighted by molar-refractivity contribution is -0.116. The smallest absolute Gasteiger partial charge is 0.247 e. The van der Waals surface area contributed by atoms with Crippen molar-refractivity contribution in [3.05, 3.63) is 53.3 Å². The highest BCUT2D eigenvalue weighted by Crippen LogP contribution is 2.32. The number of hydrogen-bond donors (Lipinski definition) is 2. The van der Waals surface area contributed by atoms with Crippen molar-refractivity contribution in [3.8, 4) is 0 Å². The highest BCUT2D eigenvalue weighted by molar-refractivity contribution is 5.98. The average Bonchev–Trinajstić information content (AvgIpc) is 3.23. The van der Waals surface area contributed by atoms with Gasteiger partial charge in [-0.05, 0) is 36.8 Å². The third-order valence-corrected chi connectivity index (χ3v) is 5.97. The fraction of sp³-hybridized carbons (Fsp3) is 0.435. The topological polar surface area (TPSA) is 56.8 Å². The van der Waals surface area contributed by atoms with Gasteiger partial charge in [-0.25, -0.2) is 4.39 Å². The number of amides is 1. The van der Waals surface area contributed by atoms with Crippen molar-refractivity contribution < 1.29 is 13.9 Å². The number of aryl methyl sites for hydroxylation is 1. The zero-order valence-corrected chi connectivity index (χ0v) is 17.6. The van der Waals surface area contributed by atoms with E-state index in [4.69, 9.17) is 4.74 Å². The van der Waals surface area contributed by atoms with Gasteiger partial charge in [0.1, 0.15) is 11.9 Å². The maximum absolute atomic E-state index is 14.1. The largest absolute Gasteiger partial charge is 0.383 e. The van der Waals surface area contributed by atoms with Crippen LogP contribution in [0.2, 0.25) is 0 Å². The third-order valence-electron chi connectivity index (χ3n) is 5.97. The molecule has 0 saturated carbocycles. The Morgan fingerprint density at radius 3 is 2.77 bits per heavy atom. The van der Waals surface area contributed by atoms with Crippen LogP contribution in [0.5, 0.6) is 0 Å². The summed E-state index contributed by atoms with van der Waals surface area (Å²) in [7, 11) is 1.73. The summed E-state index contributed by atoms with van der Waals surface area (Å²) in [5.74, 6) is -0.406. The Balaban J connectivity index is 1.37. The molecule has 1 fully saturated rings. The molecule has 4 rings (SSSR count). The van der Waals surface area contributed by atoms with Gasteiger partial charge in [-0.3, -0.25) is 9.69 Å². The predicted molar refractivity (Wildman–Crippen MR) is 118 cm³/mol. The minimum Gasteiger partial charge on any atom is -0.383 e. The molecule has 2 aliphatic heterocycles. The second-order valence-electron chi connectivity index (χ2n) is 7.98. The number of piperazine rings is 1. The number of nitrogens with one attached hydrogen (secondary N) is 2. The minimum absolute atomic E-state index is 0.147. The SMILES string of the molecule is COCCN1CCN(c2cccc(NC(=O)C3Cc4c(F)ccc(C)c4N3)c2)CC1. The molecule has 2 heterocycles. The average molecular weight is 413 g/mol. The summed E-state index contributed by atoms with van der Waals surface area (Å²) in [6.07, 6.45) is 0.359. The number of carbonyl (C=O) groups excluding carboxylic acids is 1. The first-order chi connectivity index (χ1) is 14.5. The van der Waals surface area contributed by atoms with Gasteiger partial charge in [-0.15, -0.1) is 0 Å². The van der Waals surface area contributed by atoms with Crippen LogP contribution in [0.4, 0.5) is 21.5 Å². The van der Waals surface area contributed by atoms with E-state index < -0.39 is 6.04 Å². The number of benzene rings is 2. The summed E-state index contributed by atoms with van der Waals surface area (Å²) in [5, 5.41) is 6.18. The van der Waals surface area contributed by atoms with Crippen LogP contribution in [0.1, 0.15) is 11.1 Å². The van der Waals surface area contributed by atoms with Crippen LogP contribution in [-0.4, -0.2) is 63.3 Å². The molecule has 6 nitrogen and oxygen atoms in total. The number of rotatable bonds is 6. The number of nitrogens with zero attached hydrogens (tertiary/aromatic N) is 2. The Morgan fingerprint density at radius 1 is 1.23 bits per heavy atom. The molecule has 1 amide bonds. The van der Waals surface area contributed by atoms with E-state index in [9.17, 15) is 9.18 Å². The normalized spacial score (nSPS) is 18.8. The molecule has 0 radical (unpaired) electrons. The summed E-state index contributed by atoms with van der Waals surface area (Å²) >= 11 is 0. The van der Waals surface area contributed by atoms with Gasteiger partial charge in [0.25, 0.3) is 0 Å². The van der Waals surface area contributed by atoms with Gasteiger partial charge in [0.05, 0.1) is 6.61 Å². The van der Waals surface area contributed by atoms with Crippen molar-refractivity contribution in [2.75, 3.05) is 62.0 Å². The number of methoxy groups -OCH3 is 1. The Kier molecular flexibility index (Phi) is 6.20. The van der Waals surface area contributed by atoms with Gasteiger partial charge in [-0.1, -0.05) is 12.1 Å². The molecule has 2 aliphatic rings. The number of carbonyl (C=O) groups is 1. The molecule has 0 bridgehead atoms.